The molecule has 0 atom stereocenters. The zero-order valence-corrected chi connectivity index (χ0v) is 21.6. The first-order chi connectivity index (χ1) is 17.3. The fourth-order valence-electron chi connectivity index (χ4n) is 4.21. The van der Waals surface area contributed by atoms with Crippen molar-refractivity contribution in [2.75, 3.05) is 32.1 Å². The summed E-state index contributed by atoms with van der Waals surface area (Å²) in [7, 11) is -0.344. The quantitative estimate of drug-likeness (QED) is 0.342. The zero-order valence-electron chi connectivity index (χ0n) is 20.8. The number of sulfonamides is 1. The maximum Gasteiger partial charge on any atom is 0.252 e. The van der Waals surface area contributed by atoms with E-state index in [-0.39, 0.29) is 23.5 Å². The maximum atomic E-state index is 13.7. The molecule has 4 aromatic rings. The average Bonchev–Trinajstić information content (AvgIpc) is 2.89. The smallest absolute Gasteiger partial charge is 0.252 e. The molecule has 7 nitrogen and oxygen atoms in total. The minimum atomic E-state index is -3.86. The molecule has 0 amide bonds. The Morgan fingerprint density at radius 2 is 1.64 bits per heavy atom. The Balaban J connectivity index is 1.62. The molecular formula is C28H31N3O4S. The van der Waals surface area contributed by atoms with E-state index in [9.17, 15) is 13.2 Å². The van der Waals surface area contributed by atoms with E-state index in [0.717, 1.165) is 22.2 Å². The molecule has 0 saturated heterocycles. The summed E-state index contributed by atoms with van der Waals surface area (Å²) in [4.78, 5) is 18.1. The third kappa shape index (κ3) is 5.61. The number of hydrogen-bond acceptors (Lipinski definition) is 5. The second kappa shape index (κ2) is 11.0. The van der Waals surface area contributed by atoms with Crippen molar-refractivity contribution in [3.63, 3.8) is 0 Å². The van der Waals surface area contributed by atoms with Gasteiger partial charge in [0.25, 0.3) is 5.56 Å². The number of methoxy groups -OCH3 is 1. The van der Waals surface area contributed by atoms with Gasteiger partial charge in [0.2, 0.25) is 10.0 Å². The van der Waals surface area contributed by atoms with Crippen LogP contribution in [0, 0.1) is 6.92 Å². The topological polar surface area (TPSA) is 82.7 Å². The van der Waals surface area contributed by atoms with E-state index >= 15 is 0 Å². The van der Waals surface area contributed by atoms with Crippen molar-refractivity contribution in [1.82, 2.24) is 9.29 Å². The lowest BCUT2D eigenvalue weighted by Gasteiger charge is -2.25. The van der Waals surface area contributed by atoms with Gasteiger partial charge < -0.3 is 14.6 Å². The van der Waals surface area contributed by atoms with E-state index in [1.54, 1.807) is 18.2 Å². The Labute approximate surface area is 212 Å². The lowest BCUT2D eigenvalue weighted by atomic mass is 10.1. The summed E-state index contributed by atoms with van der Waals surface area (Å²) in [5, 5.41) is 0.871. The molecule has 3 aromatic carbocycles. The van der Waals surface area contributed by atoms with Gasteiger partial charge in [-0.25, -0.2) is 8.42 Å². The summed E-state index contributed by atoms with van der Waals surface area (Å²) < 4.78 is 33.9. The number of anilines is 1. The van der Waals surface area contributed by atoms with Crippen molar-refractivity contribution < 1.29 is 13.2 Å². The van der Waals surface area contributed by atoms with E-state index in [2.05, 4.69) is 9.88 Å². The number of aromatic amines is 1. The number of fused-ring (bicyclic) bond motifs is 1. The van der Waals surface area contributed by atoms with Gasteiger partial charge in [-0.05, 0) is 66.8 Å². The molecular weight excluding hydrogens is 474 g/mol. The van der Waals surface area contributed by atoms with E-state index in [4.69, 9.17) is 4.74 Å². The van der Waals surface area contributed by atoms with Crippen molar-refractivity contribution in [1.29, 1.82) is 0 Å². The first-order valence-corrected chi connectivity index (χ1v) is 13.3. The number of para-hydroxylation sites is 2. The van der Waals surface area contributed by atoms with Crippen LogP contribution in [0.2, 0.25) is 0 Å². The highest BCUT2D eigenvalue weighted by Crippen LogP contribution is 2.23. The molecule has 0 radical (unpaired) electrons. The fraction of sp³-hybridized carbons (Fsp3) is 0.250. The highest BCUT2D eigenvalue weighted by Gasteiger charge is 2.26. The van der Waals surface area contributed by atoms with Gasteiger partial charge in [0.1, 0.15) is 5.75 Å². The standard InChI is InChI=1S/C28H31N3O4S/c1-21-9-7-10-22-19-23(28(32)29-27(21)22)20-31(18-8-17-30(2)24-11-5-4-6-12-24)36(33,34)26-15-13-25(35-3)14-16-26/h4-7,9-16,19H,8,17-18,20H2,1-3H3,(H,29,32). The Morgan fingerprint density at radius 1 is 0.917 bits per heavy atom. The van der Waals surface area contributed by atoms with E-state index in [1.165, 1.54) is 23.5 Å². The van der Waals surface area contributed by atoms with Gasteiger partial charge >= 0.3 is 0 Å². The van der Waals surface area contributed by atoms with Crippen molar-refractivity contribution in [2.45, 2.75) is 24.8 Å². The van der Waals surface area contributed by atoms with Gasteiger partial charge in [-0.2, -0.15) is 4.31 Å². The second-order valence-corrected chi connectivity index (χ2v) is 10.7. The largest absolute Gasteiger partial charge is 0.497 e. The predicted molar refractivity (Wildman–Crippen MR) is 144 cm³/mol. The van der Waals surface area contributed by atoms with Crippen LogP contribution in [-0.2, 0) is 16.6 Å². The summed E-state index contributed by atoms with van der Waals surface area (Å²) >= 11 is 0. The Hall–Kier alpha value is -3.62. The number of aryl methyl sites for hydroxylation is 1. The average molecular weight is 506 g/mol. The SMILES string of the molecule is COc1ccc(S(=O)(=O)N(CCCN(C)c2ccccc2)Cc2cc3cccc(C)c3[nH]c2=O)cc1. The highest BCUT2D eigenvalue weighted by atomic mass is 32.2. The van der Waals surface area contributed by atoms with Crippen LogP contribution in [0.25, 0.3) is 10.9 Å². The van der Waals surface area contributed by atoms with Gasteiger partial charge in [0, 0.05) is 37.9 Å². The molecule has 4 rings (SSSR count). The molecule has 188 valence electrons. The van der Waals surface area contributed by atoms with Crippen LogP contribution in [0.15, 0.2) is 88.6 Å². The van der Waals surface area contributed by atoms with Crippen molar-refractivity contribution in [2.24, 2.45) is 0 Å². The third-order valence-corrected chi connectivity index (χ3v) is 8.17. The fourth-order valence-corrected chi connectivity index (χ4v) is 5.67. The van der Waals surface area contributed by atoms with E-state index in [0.29, 0.717) is 24.3 Å². The number of aromatic nitrogens is 1. The number of pyridine rings is 1. The van der Waals surface area contributed by atoms with Crippen LogP contribution >= 0.6 is 0 Å². The molecule has 36 heavy (non-hydrogen) atoms. The van der Waals surface area contributed by atoms with Gasteiger partial charge in [0.05, 0.1) is 17.5 Å². The van der Waals surface area contributed by atoms with E-state index < -0.39 is 10.0 Å². The van der Waals surface area contributed by atoms with Gasteiger partial charge in [-0.1, -0.05) is 36.4 Å². The number of hydrogen-bond donors (Lipinski definition) is 1. The molecule has 0 unspecified atom stereocenters. The lowest BCUT2D eigenvalue weighted by Crippen LogP contribution is -2.35. The van der Waals surface area contributed by atoms with Crippen LogP contribution in [0.1, 0.15) is 17.5 Å². The summed E-state index contributed by atoms with van der Waals surface area (Å²) in [6.45, 7) is 2.83. The molecule has 8 heteroatoms. The molecule has 1 aromatic heterocycles. The highest BCUT2D eigenvalue weighted by molar-refractivity contribution is 7.89. The Kier molecular flexibility index (Phi) is 7.76. The number of nitrogens with one attached hydrogen (secondary N) is 1. The lowest BCUT2D eigenvalue weighted by molar-refractivity contribution is 0.398. The molecule has 0 saturated carbocycles. The third-order valence-electron chi connectivity index (χ3n) is 6.31. The van der Waals surface area contributed by atoms with Crippen LogP contribution in [0.3, 0.4) is 0 Å². The van der Waals surface area contributed by atoms with Crippen molar-refractivity contribution in [3.8, 4) is 5.75 Å². The molecule has 0 aliphatic rings. The van der Waals surface area contributed by atoms with Crippen LogP contribution in [-0.4, -0.2) is 45.0 Å². The number of rotatable bonds is 10. The van der Waals surface area contributed by atoms with Gasteiger partial charge in [-0.3, -0.25) is 4.79 Å². The van der Waals surface area contributed by atoms with Gasteiger partial charge in [-0.15, -0.1) is 0 Å². The number of ether oxygens (including phenoxy) is 1. The minimum Gasteiger partial charge on any atom is -0.497 e. The van der Waals surface area contributed by atoms with E-state index in [1.807, 2.05) is 62.5 Å². The summed E-state index contributed by atoms with van der Waals surface area (Å²) in [6.07, 6.45) is 0.589. The number of nitrogens with zero attached hydrogens (tertiary/aromatic N) is 2. The molecule has 0 bridgehead atoms. The van der Waals surface area contributed by atoms with Crippen LogP contribution in [0.5, 0.6) is 5.75 Å². The van der Waals surface area contributed by atoms with Crippen molar-refractivity contribution in [3.05, 3.63) is 100 Å². The summed E-state index contributed by atoms with van der Waals surface area (Å²) in [5.41, 5.74) is 2.90. The molecule has 1 N–H and O–H groups in total. The molecule has 0 fully saturated rings. The molecule has 1 heterocycles. The minimum absolute atomic E-state index is 0.0252. The molecule has 0 spiro atoms. The number of H-pyrrole nitrogens is 1. The van der Waals surface area contributed by atoms with Crippen LogP contribution in [0.4, 0.5) is 5.69 Å². The maximum absolute atomic E-state index is 13.7. The van der Waals surface area contributed by atoms with Crippen LogP contribution < -0.4 is 15.2 Å². The zero-order chi connectivity index (χ0) is 25.7. The predicted octanol–water partition coefficient (Wildman–Crippen LogP) is 4.56. The summed E-state index contributed by atoms with van der Waals surface area (Å²) in [5.74, 6) is 0.575. The monoisotopic (exact) mass is 505 g/mol. The second-order valence-electron chi connectivity index (χ2n) is 8.79. The first-order valence-electron chi connectivity index (χ1n) is 11.8. The first kappa shape index (κ1) is 25.5. The number of benzene rings is 3. The molecule has 0 aliphatic carbocycles. The molecule has 0 aliphatic heterocycles. The van der Waals surface area contributed by atoms with Crippen molar-refractivity contribution >= 4 is 26.6 Å². The van der Waals surface area contributed by atoms with Gasteiger partial charge in [0.15, 0.2) is 0 Å². The Bertz CT molecular complexity index is 1480. The summed E-state index contributed by atoms with van der Waals surface area (Å²) in [6, 6.07) is 23.8. The Morgan fingerprint density at radius 3 is 2.33 bits per heavy atom. The normalized spacial score (nSPS) is 11.7.